The second-order valence-electron chi connectivity index (χ2n) is 6.26. The summed E-state index contributed by atoms with van der Waals surface area (Å²) in [6, 6.07) is 6.70. The molecule has 0 radical (unpaired) electrons. The normalized spacial score (nSPS) is 25.7. The summed E-state index contributed by atoms with van der Waals surface area (Å²) in [7, 11) is -3.47. The molecule has 21 heavy (non-hydrogen) atoms. The number of piperidine rings is 1. The zero-order valence-electron chi connectivity index (χ0n) is 13.0. The average Bonchev–Trinajstić information content (AvgIpc) is 2.45. The van der Waals surface area contributed by atoms with Crippen molar-refractivity contribution in [2.24, 2.45) is 11.8 Å². The van der Waals surface area contributed by atoms with E-state index in [9.17, 15) is 13.5 Å². The molecule has 1 heterocycles. The molecule has 1 aromatic rings. The van der Waals surface area contributed by atoms with Crippen LogP contribution in [0.4, 0.5) is 0 Å². The lowest BCUT2D eigenvalue weighted by Crippen LogP contribution is -2.42. The number of sulfonamides is 1. The Labute approximate surface area is 127 Å². The second kappa shape index (κ2) is 6.46. The summed E-state index contributed by atoms with van der Waals surface area (Å²) in [5, 5.41) is 9.91. The molecule has 0 bridgehead atoms. The molecule has 3 atom stereocenters. The molecule has 1 saturated heterocycles. The number of aliphatic hydroxyl groups excluding tert-OH is 1. The summed E-state index contributed by atoms with van der Waals surface area (Å²) in [5.74, 6) is 0.765. The molecular weight excluding hydrogens is 286 g/mol. The van der Waals surface area contributed by atoms with Crippen LogP contribution in [0.25, 0.3) is 0 Å². The smallest absolute Gasteiger partial charge is 0.243 e. The van der Waals surface area contributed by atoms with Gasteiger partial charge in [-0.2, -0.15) is 4.31 Å². The van der Waals surface area contributed by atoms with Crippen LogP contribution >= 0.6 is 0 Å². The van der Waals surface area contributed by atoms with Crippen LogP contribution in [0.2, 0.25) is 0 Å². The Bertz CT molecular complexity index is 575. The molecular formula is C16H25NO3S. The first-order valence-corrected chi connectivity index (χ1v) is 9.06. The van der Waals surface area contributed by atoms with Gasteiger partial charge in [0.1, 0.15) is 0 Å². The summed E-state index contributed by atoms with van der Waals surface area (Å²) in [6.07, 6.45) is 1.03. The molecule has 0 spiro atoms. The Morgan fingerprint density at radius 1 is 1.29 bits per heavy atom. The van der Waals surface area contributed by atoms with Gasteiger partial charge in [0.2, 0.25) is 10.0 Å². The summed E-state index contributed by atoms with van der Waals surface area (Å²) in [5.41, 5.74) is 0.664. The van der Waals surface area contributed by atoms with Crippen molar-refractivity contribution in [1.82, 2.24) is 4.31 Å². The Morgan fingerprint density at radius 2 is 1.90 bits per heavy atom. The minimum Gasteiger partial charge on any atom is -0.388 e. The van der Waals surface area contributed by atoms with Gasteiger partial charge >= 0.3 is 0 Å². The van der Waals surface area contributed by atoms with Crippen molar-refractivity contribution >= 4 is 10.0 Å². The zero-order valence-corrected chi connectivity index (χ0v) is 13.8. The molecule has 0 saturated carbocycles. The van der Waals surface area contributed by atoms with E-state index in [-0.39, 0.29) is 4.90 Å². The minimum absolute atomic E-state index is 0.286. The maximum absolute atomic E-state index is 12.8. The third-order valence-corrected chi connectivity index (χ3v) is 5.93. The minimum atomic E-state index is -3.47. The molecule has 3 unspecified atom stereocenters. The average molecular weight is 311 g/mol. The second-order valence-corrected chi connectivity index (χ2v) is 8.20. The number of aliphatic hydroxyl groups is 1. The third kappa shape index (κ3) is 3.65. The fourth-order valence-corrected chi connectivity index (χ4v) is 4.80. The van der Waals surface area contributed by atoms with Crippen LogP contribution in [-0.2, 0) is 10.0 Å². The summed E-state index contributed by atoms with van der Waals surface area (Å²) >= 11 is 0. The van der Waals surface area contributed by atoms with E-state index in [1.807, 2.05) is 6.92 Å². The Balaban J connectivity index is 2.31. The molecule has 1 aromatic carbocycles. The van der Waals surface area contributed by atoms with Crippen molar-refractivity contribution in [3.05, 3.63) is 29.8 Å². The van der Waals surface area contributed by atoms with Crippen LogP contribution in [0.1, 0.15) is 45.3 Å². The topological polar surface area (TPSA) is 57.6 Å². The highest BCUT2D eigenvalue weighted by Gasteiger charge is 2.31. The molecule has 1 fully saturated rings. The van der Waals surface area contributed by atoms with Crippen molar-refractivity contribution in [1.29, 1.82) is 0 Å². The highest BCUT2D eigenvalue weighted by molar-refractivity contribution is 7.89. The molecule has 0 amide bonds. The van der Waals surface area contributed by atoms with Crippen molar-refractivity contribution in [3.8, 4) is 0 Å². The Kier molecular flexibility index (Phi) is 5.07. The fraction of sp³-hybridized carbons (Fsp3) is 0.625. The van der Waals surface area contributed by atoms with Gasteiger partial charge in [-0.25, -0.2) is 8.42 Å². The van der Waals surface area contributed by atoms with Crippen molar-refractivity contribution in [2.45, 2.75) is 44.6 Å². The third-order valence-electron chi connectivity index (χ3n) is 4.10. The predicted molar refractivity (Wildman–Crippen MR) is 83.4 cm³/mol. The Hall–Kier alpha value is -0.910. The van der Waals surface area contributed by atoms with Gasteiger partial charge < -0.3 is 5.11 Å². The first kappa shape index (κ1) is 16.5. The van der Waals surface area contributed by atoms with Gasteiger partial charge in [-0.1, -0.05) is 32.9 Å². The van der Waals surface area contributed by atoms with E-state index in [0.717, 1.165) is 6.42 Å². The van der Waals surface area contributed by atoms with Gasteiger partial charge in [0.25, 0.3) is 0 Å². The van der Waals surface area contributed by atoms with E-state index in [0.29, 0.717) is 36.9 Å². The van der Waals surface area contributed by atoms with Gasteiger partial charge in [-0.3, -0.25) is 0 Å². The van der Waals surface area contributed by atoms with Crippen LogP contribution in [0.3, 0.4) is 0 Å². The van der Waals surface area contributed by atoms with Crippen LogP contribution in [0.15, 0.2) is 29.2 Å². The van der Waals surface area contributed by atoms with E-state index in [1.165, 1.54) is 0 Å². The largest absolute Gasteiger partial charge is 0.388 e. The van der Waals surface area contributed by atoms with Crippen molar-refractivity contribution in [2.75, 3.05) is 13.1 Å². The molecule has 118 valence electrons. The van der Waals surface area contributed by atoms with Crippen LogP contribution in [0, 0.1) is 11.8 Å². The molecule has 1 aliphatic heterocycles. The van der Waals surface area contributed by atoms with E-state index >= 15 is 0 Å². The lowest BCUT2D eigenvalue weighted by molar-refractivity contribution is 0.173. The highest BCUT2D eigenvalue weighted by atomic mass is 32.2. The lowest BCUT2D eigenvalue weighted by Gasteiger charge is -2.34. The quantitative estimate of drug-likeness (QED) is 0.930. The monoisotopic (exact) mass is 311 g/mol. The van der Waals surface area contributed by atoms with Gasteiger partial charge in [0, 0.05) is 13.1 Å². The maximum Gasteiger partial charge on any atom is 0.243 e. The fourth-order valence-electron chi connectivity index (χ4n) is 3.07. The molecule has 0 aromatic heterocycles. The Morgan fingerprint density at radius 3 is 2.48 bits per heavy atom. The first-order chi connectivity index (χ1) is 9.84. The maximum atomic E-state index is 12.8. The molecule has 4 nitrogen and oxygen atoms in total. The van der Waals surface area contributed by atoms with Crippen LogP contribution in [0.5, 0.6) is 0 Å². The van der Waals surface area contributed by atoms with E-state index < -0.39 is 16.1 Å². The van der Waals surface area contributed by atoms with Gasteiger partial charge in [-0.05, 0) is 42.4 Å². The number of hydrogen-bond donors (Lipinski definition) is 1. The van der Waals surface area contributed by atoms with Gasteiger partial charge in [0.05, 0.1) is 11.0 Å². The van der Waals surface area contributed by atoms with Gasteiger partial charge in [0.15, 0.2) is 0 Å². The number of nitrogens with zero attached hydrogens (tertiary/aromatic N) is 1. The van der Waals surface area contributed by atoms with E-state index in [4.69, 9.17) is 0 Å². The standard InChI is InChI=1S/C16H25NO3S/c1-4-16(18)14-6-5-7-15(9-14)21(19,20)17-10-12(2)8-13(3)11-17/h5-7,9,12-13,16,18H,4,8,10-11H2,1-3H3. The van der Waals surface area contributed by atoms with E-state index in [1.54, 1.807) is 28.6 Å². The SMILES string of the molecule is CCC(O)c1cccc(S(=O)(=O)N2CC(C)CC(C)C2)c1. The highest BCUT2D eigenvalue weighted by Crippen LogP contribution is 2.28. The van der Waals surface area contributed by atoms with Gasteiger partial charge in [-0.15, -0.1) is 0 Å². The molecule has 0 aliphatic carbocycles. The van der Waals surface area contributed by atoms with Crippen molar-refractivity contribution in [3.63, 3.8) is 0 Å². The lowest BCUT2D eigenvalue weighted by atomic mass is 9.94. The van der Waals surface area contributed by atoms with Crippen LogP contribution < -0.4 is 0 Å². The zero-order chi connectivity index (χ0) is 15.6. The number of benzene rings is 1. The summed E-state index contributed by atoms with van der Waals surface area (Å²) in [6.45, 7) is 7.21. The molecule has 1 aliphatic rings. The molecule has 1 N–H and O–H groups in total. The van der Waals surface area contributed by atoms with Crippen molar-refractivity contribution < 1.29 is 13.5 Å². The summed E-state index contributed by atoms with van der Waals surface area (Å²) < 4.78 is 27.2. The molecule has 5 heteroatoms. The first-order valence-electron chi connectivity index (χ1n) is 7.62. The van der Waals surface area contributed by atoms with Crippen LogP contribution in [-0.4, -0.2) is 30.9 Å². The molecule has 2 rings (SSSR count). The number of rotatable bonds is 4. The van der Waals surface area contributed by atoms with E-state index in [2.05, 4.69) is 13.8 Å². The number of hydrogen-bond acceptors (Lipinski definition) is 3. The predicted octanol–water partition coefficient (Wildman–Crippen LogP) is 2.80. The summed E-state index contributed by atoms with van der Waals surface area (Å²) in [4.78, 5) is 0.286.